The van der Waals surface area contributed by atoms with Crippen molar-refractivity contribution >= 4 is 0 Å². The lowest BCUT2D eigenvalue weighted by Gasteiger charge is -1.82. The minimum Gasteiger partial charge on any atom is -0.193 e. The molecule has 2 heteroatoms. The maximum absolute atomic E-state index is 7.71. The van der Waals surface area contributed by atoms with Crippen LogP contribution in [0.2, 0.25) is 0 Å². The molecular weight excluding hydrogens is 160 g/mol. The number of hydrogen-bond acceptors (Lipinski definition) is 2. The van der Waals surface area contributed by atoms with Crippen molar-refractivity contribution in [1.29, 1.82) is 10.5 Å². The van der Waals surface area contributed by atoms with Gasteiger partial charge in [0.2, 0.25) is 0 Å². The first kappa shape index (κ1) is 10.9. The summed E-state index contributed by atoms with van der Waals surface area (Å²) in [6.45, 7) is 2.08. The molecule has 0 aromatic heterocycles. The smallest absolute Gasteiger partial charge is 0.0919 e. The number of aryl methyl sites for hydroxylation is 1. The Hall–Kier alpha value is -2.06. The molecular formula is C11H10N2. The van der Waals surface area contributed by atoms with Gasteiger partial charge in [-0.1, -0.05) is 35.9 Å². The van der Waals surface area contributed by atoms with E-state index in [2.05, 4.69) is 19.1 Å². The average Bonchev–Trinajstić information content (AvgIpc) is 2.17. The molecule has 0 heterocycles. The van der Waals surface area contributed by atoms with Gasteiger partial charge >= 0.3 is 0 Å². The topological polar surface area (TPSA) is 47.6 Å². The molecule has 64 valence electrons. The van der Waals surface area contributed by atoms with Crippen LogP contribution in [0.4, 0.5) is 0 Å². The highest BCUT2D eigenvalue weighted by molar-refractivity contribution is 5.12. The Labute approximate surface area is 78.4 Å². The molecule has 0 aliphatic heterocycles. The molecule has 0 saturated carbocycles. The first-order valence-corrected chi connectivity index (χ1v) is 3.77. The molecule has 0 aliphatic rings. The van der Waals surface area contributed by atoms with E-state index in [-0.39, 0.29) is 0 Å². The summed E-state index contributed by atoms with van der Waals surface area (Å²) < 4.78 is 0. The molecule has 0 amide bonds. The molecule has 0 spiro atoms. The van der Waals surface area contributed by atoms with Crippen molar-refractivity contribution in [3.05, 3.63) is 48.0 Å². The van der Waals surface area contributed by atoms with E-state index < -0.39 is 0 Å². The maximum Gasteiger partial charge on any atom is 0.0919 e. The number of rotatable bonds is 0. The summed E-state index contributed by atoms with van der Waals surface area (Å²) in [5, 5.41) is 15.4. The fourth-order valence-corrected chi connectivity index (χ4v) is 0.609. The Balaban J connectivity index is 0.000000226. The predicted molar refractivity (Wildman–Crippen MR) is 51.5 cm³/mol. The van der Waals surface area contributed by atoms with Crippen LogP contribution in [0.15, 0.2) is 42.5 Å². The first-order valence-electron chi connectivity index (χ1n) is 3.77. The van der Waals surface area contributed by atoms with Gasteiger partial charge in [0.05, 0.1) is 12.1 Å². The van der Waals surface area contributed by atoms with E-state index in [9.17, 15) is 0 Å². The standard InChI is InChI=1S/C7H8.C4H2N2/c1-7-5-3-2-4-6-7;5-3-1-2-4-6/h2-6H,1H3;1-2H/b;2-1+. The SMILES string of the molecule is Cc1ccccc1.N#C/C=C/C#N. The second-order valence-electron chi connectivity index (χ2n) is 2.25. The quantitative estimate of drug-likeness (QED) is 0.562. The van der Waals surface area contributed by atoms with Crippen LogP contribution in [0.5, 0.6) is 0 Å². The van der Waals surface area contributed by atoms with E-state index in [4.69, 9.17) is 10.5 Å². The van der Waals surface area contributed by atoms with Gasteiger partial charge < -0.3 is 0 Å². The van der Waals surface area contributed by atoms with Gasteiger partial charge in [-0.2, -0.15) is 10.5 Å². The minimum atomic E-state index is 1.12. The van der Waals surface area contributed by atoms with Crippen molar-refractivity contribution in [2.45, 2.75) is 6.92 Å². The van der Waals surface area contributed by atoms with E-state index in [0.717, 1.165) is 12.2 Å². The number of hydrogen-bond donors (Lipinski definition) is 0. The Kier molecular flexibility index (Phi) is 6.77. The van der Waals surface area contributed by atoms with Crippen LogP contribution >= 0.6 is 0 Å². The first-order chi connectivity index (χ1) is 6.31. The van der Waals surface area contributed by atoms with Crippen LogP contribution in [0.3, 0.4) is 0 Å². The summed E-state index contributed by atoms with van der Waals surface area (Å²) in [5.74, 6) is 0. The highest BCUT2D eigenvalue weighted by Crippen LogP contribution is 1.92. The highest BCUT2D eigenvalue weighted by Gasteiger charge is 1.72. The lowest BCUT2D eigenvalue weighted by atomic mass is 10.2. The van der Waals surface area contributed by atoms with Gasteiger partial charge in [-0.15, -0.1) is 0 Å². The molecule has 0 N–H and O–H groups in total. The molecule has 0 bridgehead atoms. The van der Waals surface area contributed by atoms with Crippen LogP contribution in [0, 0.1) is 29.6 Å². The van der Waals surface area contributed by atoms with Crippen LogP contribution in [0.1, 0.15) is 5.56 Å². The molecule has 2 nitrogen and oxygen atoms in total. The summed E-state index contributed by atoms with van der Waals surface area (Å²) in [4.78, 5) is 0. The van der Waals surface area contributed by atoms with E-state index in [1.165, 1.54) is 5.56 Å². The van der Waals surface area contributed by atoms with E-state index in [0.29, 0.717) is 0 Å². The highest BCUT2D eigenvalue weighted by atomic mass is 14.2. The van der Waals surface area contributed by atoms with Crippen molar-refractivity contribution in [3.63, 3.8) is 0 Å². The Morgan fingerprint density at radius 2 is 1.46 bits per heavy atom. The van der Waals surface area contributed by atoms with Gasteiger partial charge in [0, 0.05) is 12.2 Å². The Morgan fingerprint density at radius 3 is 1.69 bits per heavy atom. The average molecular weight is 170 g/mol. The number of allylic oxidation sites excluding steroid dienone is 2. The molecule has 0 atom stereocenters. The Bertz CT molecular complexity index is 309. The number of nitrogens with zero attached hydrogens (tertiary/aromatic N) is 2. The van der Waals surface area contributed by atoms with E-state index in [1.807, 2.05) is 18.2 Å². The van der Waals surface area contributed by atoms with Crippen molar-refractivity contribution in [2.24, 2.45) is 0 Å². The van der Waals surface area contributed by atoms with Gasteiger partial charge in [0.25, 0.3) is 0 Å². The minimum absolute atomic E-state index is 1.12. The van der Waals surface area contributed by atoms with Gasteiger partial charge in [0.15, 0.2) is 0 Å². The molecule has 1 aromatic carbocycles. The largest absolute Gasteiger partial charge is 0.193 e. The van der Waals surface area contributed by atoms with E-state index in [1.54, 1.807) is 12.1 Å². The third-order valence-corrected chi connectivity index (χ3v) is 1.17. The Morgan fingerprint density at radius 1 is 1.00 bits per heavy atom. The second kappa shape index (κ2) is 8.04. The molecule has 0 radical (unpaired) electrons. The lowest BCUT2D eigenvalue weighted by Crippen LogP contribution is -1.62. The van der Waals surface area contributed by atoms with Crippen molar-refractivity contribution in [2.75, 3.05) is 0 Å². The van der Waals surface area contributed by atoms with Gasteiger partial charge in [-0.25, -0.2) is 0 Å². The third-order valence-electron chi connectivity index (χ3n) is 1.17. The van der Waals surface area contributed by atoms with Gasteiger partial charge in [-0.3, -0.25) is 0 Å². The molecule has 0 saturated heterocycles. The second-order valence-corrected chi connectivity index (χ2v) is 2.25. The number of nitriles is 2. The molecule has 1 aromatic rings. The van der Waals surface area contributed by atoms with E-state index >= 15 is 0 Å². The molecule has 0 fully saturated rings. The zero-order chi connectivity index (χ0) is 9.94. The summed E-state index contributed by atoms with van der Waals surface area (Å²) in [7, 11) is 0. The zero-order valence-corrected chi connectivity index (χ0v) is 7.44. The summed E-state index contributed by atoms with van der Waals surface area (Å²) in [6.07, 6.45) is 2.25. The third kappa shape index (κ3) is 7.84. The maximum atomic E-state index is 7.71. The molecule has 13 heavy (non-hydrogen) atoms. The predicted octanol–water partition coefficient (Wildman–Crippen LogP) is 2.58. The van der Waals surface area contributed by atoms with Crippen molar-refractivity contribution in [3.8, 4) is 12.1 Å². The number of benzene rings is 1. The van der Waals surface area contributed by atoms with Crippen molar-refractivity contribution < 1.29 is 0 Å². The van der Waals surface area contributed by atoms with Gasteiger partial charge in [-0.05, 0) is 6.92 Å². The fraction of sp³-hybridized carbons (Fsp3) is 0.0909. The summed E-state index contributed by atoms with van der Waals surface area (Å²) in [6, 6.07) is 13.6. The van der Waals surface area contributed by atoms with Crippen LogP contribution in [-0.2, 0) is 0 Å². The van der Waals surface area contributed by atoms with Crippen molar-refractivity contribution in [1.82, 2.24) is 0 Å². The fourth-order valence-electron chi connectivity index (χ4n) is 0.609. The summed E-state index contributed by atoms with van der Waals surface area (Å²) >= 11 is 0. The van der Waals surface area contributed by atoms with Gasteiger partial charge in [0.1, 0.15) is 0 Å². The normalized spacial score (nSPS) is 7.92. The van der Waals surface area contributed by atoms with Crippen LogP contribution in [-0.4, -0.2) is 0 Å². The van der Waals surface area contributed by atoms with Crippen LogP contribution < -0.4 is 0 Å². The zero-order valence-electron chi connectivity index (χ0n) is 7.44. The molecule has 0 aliphatic carbocycles. The van der Waals surface area contributed by atoms with Crippen LogP contribution in [0.25, 0.3) is 0 Å². The monoisotopic (exact) mass is 170 g/mol. The molecule has 0 unspecified atom stereocenters. The lowest BCUT2D eigenvalue weighted by molar-refractivity contribution is 1.48. The molecule has 1 rings (SSSR count). The summed E-state index contributed by atoms with van der Waals surface area (Å²) in [5.41, 5.74) is 1.32.